The number of aromatic nitrogens is 4. The maximum absolute atomic E-state index is 12.5. The van der Waals surface area contributed by atoms with Crippen LogP contribution < -0.4 is 25.1 Å². The highest BCUT2D eigenvalue weighted by Crippen LogP contribution is 2.29. The minimum absolute atomic E-state index is 0.0632. The van der Waals surface area contributed by atoms with Crippen LogP contribution in [0.15, 0.2) is 35.4 Å². The van der Waals surface area contributed by atoms with Gasteiger partial charge in [-0.25, -0.2) is 4.98 Å². The largest absolute Gasteiger partial charge is 0.486 e. The third-order valence-corrected chi connectivity index (χ3v) is 6.17. The summed E-state index contributed by atoms with van der Waals surface area (Å²) in [5.41, 5.74) is 1.50. The third-order valence-electron chi connectivity index (χ3n) is 6.17. The van der Waals surface area contributed by atoms with Crippen LogP contribution in [-0.2, 0) is 13.1 Å². The molecule has 174 valence electrons. The molecular weight excluding hydrogens is 424 g/mol. The van der Waals surface area contributed by atoms with Crippen LogP contribution in [0.25, 0.3) is 11.0 Å². The van der Waals surface area contributed by atoms with Crippen LogP contribution in [0, 0.1) is 0 Å². The van der Waals surface area contributed by atoms with Crippen molar-refractivity contribution in [3.8, 4) is 17.5 Å². The van der Waals surface area contributed by atoms with Gasteiger partial charge in [-0.3, -0.25) is 14.3 Å². The van der Waals surface area contributed by atoms with E-state index in [4.69, 9.17) is 14.2 Å². The zero-order chi connectivity index (χ0) is 22.6. The zero-order valence-corrected chi connectivity index (χ0v) is 18.7. The Hall–Kier alpha value is -3.24. The number of fused-ring (bicyclic) bond motifs is 2. The van der Waals surface area contributed by atoms with Crippen LogP contribution in [-0.4, -0.2) is 70.4 Å². The first kappa shape index (κ1) is 21.6. The van der Waals surface area contributed by atoms with E-state index in [9.17, 15) is 4.79 Å². The van der Waals surface area contributed by atoms with Gasteiger partial charge in [0.15, 0.2) is 11.5 Å². The van der Waals surface area contributed by atoms with Crippen molar-refractivity contribution in [3.05, 3.63) is 46.6 Å². The summed E-state index contributed by atoms with van der Waals surface area (Å²) < 4.78 is 18.0. The van der Waals surface area contributed by atoms with Crippen molar-refractivity contribution < 1.29 is 14.2 Å². The van der Waals surface area contributed by atoms with Crippen molar-refractivity contribution in [3.63, 3.8) is 0 Å². The van der Waals surface area contributed by atoms with Crippen LogP contribution >= 0.6 is 0 Å². The van der Waals surface area contributed by atoms with Gasteiger partial charge >= 0.3 is 6.01 Å². The highest BCUT2D eigenvalue weighted by molar-refractivity contribution is 5.74. The second-order valence-electron chi connectivity index (χ2n) is 8.27. The fourth-order valence-corrected chi connectivity index (χ4v) is 4.31. The number of piperidine rings is 1. The van der Waals surface area contributed by atoms with Gasteiger partial charge in [0.1, 0.15) is 18.9 Å². The summed E-state index contributed by atoms with van der Waals surface area (Å²) in [7, 11) is 1.52. The van der Waals surface area contributed by atoms with E-state index in [1.165, 1.54) is 7.11 Å². The van der Waals surface area contributed by atoms with Crippen molar-refractivity contribution in [1.29, 1.82) is 0 Å². The van der Waals surface area contributed by atoms with E-state index in [0.717, 1.165) is 49.3 Å². The van der Waals surface area contributed by atoms with E-state index in [1.807, 2.05) is 6.07 Å². The Morgan fingerprint density at radius 3 is 2.73 bits per heavy atom. The molecule has 0 unspecified atom stereocenters. The van der Waals surface area contributed by atoms with Gasteiger partial charge in [0.25, 0.3) is 5.56 Å². The number of rotatable bonds is 7. The number of hydrogen-bond donors (Lipinski definition) is 1. The lowest BCUT2D eigenvalue weighted by Crippen LogP contribution is -2.43. The van der Waals surface area contributed by atoms with Crippen LogP contribution in [0.3, 0.4) is 0 Å². The second kappa shape index (κ2) is 9.72. The normalized spacial score (nSPS) is 16.8. The van der Waals surface area contributed by atoms with Gasteiger partial charge in [0, 0.05) is 49.4 Å². The summed E-state index contributed by atoms with van der Waals surface area (Å²) >= 11 is 0. The van der Waals surface area contributed by atoms with Crippen LogP contribution in [0.4, 0.5) is 0 Å². The summed E-state index contributed by atoms with van der Waals surface area (Å²) in [4.78, 5) is 27.9. The molecule has 1 saturated heterocycles. The number of nitrogens with one attached hydrogen (secondary N) is 1. The molecule has 3 aromatic heterocycles. The third kappa shape index (κ3) is 4.91. The minimum Gasteiger partial charge on any atom is -0.486 e. The molecule has 0 aliphatic carbocycles. The molecule has 3 aromatic rings. The maximum Gasteiger partial charge on any atom is 0.318 e. The molecule has 0 aromatic carbocycles. The van der Waals surface area contributed by atoms with Gasteiger partial charge in [-0.1, -0.05) is 0 Å². The Bertz CT molecular complexity index is 1180. The number of pyridine rings is 2. The maximum atomic E-state index is 12.5. The molecule has 0 atom stereocenters. The Labute approximate surface area is 191 Å². The average Bonchev–Trinajstić information content (AvgIpc) is 2.87. The number of hydrogen-bond acceptors (Lipinski definition) is 9. The molecule has 10 heteroatoms. The van der Waals surface area contributed by atoms with Crippen LogP contribution in [0.5, 0.6) is 17.5 Å². The lowest BCUT2D eigenvalue weighted by atomic mass is 10.0. The molecule has 5 heterocycles. The Balaban J connectivity index is 1.13. The Morgan fingerprint density at radius 1 is 1.09 bits per heavy atom. The summed E-state index contributed by atoms with van der Waals surface area (Å²) in [6.45, 7) is 5.18. The van der Waals surface area contributed by atoms with Crippen molar-refractivity contribution >= 4 is 11.0 Å². The predicted molar refractivity (Wildman–Crippen MR) is 122 cm³/mol. The minimum atomic E-state index is -0.0632. The first-order valence-electron chi connectivity index (χ1n) is 11.3. The van der Waals surface area contributed by atoms with Gasteiger partial charge in [0.05, 0.1) is 19.0 Å². The van der Waals surface area contributed by atoms with Crippen LogP contribution in [0.2, 0.25) is 0 Å². The van der Waals surface area contributed by atoms with E-state index in [-0.39, 0.29) is 11.6 Å². The van der Waals surface area contributed by atoms with E-state index < -0.39 is 0 Å². The summed E-state index contributed by atoms with van der Waals surface area (Å²) in [5, 5.41) is 4.44. The summed E-state index contributed by atoms with van der Waals surface area (Å²) in [5.74, 6) is 1.49. The quantitative estimate of drug-likeness (QED) is 0.567. The highest BCUT2D eigenvalue weighted by atomic mass is 16.6. The molecule has 0 amide bonds. The van der Waals surface area contributed by atoms with E-state index >= 15 is 0 Å². The Morgan fingerprint density at radius 2 is 1.91 bits per heavy atom. The monoisotopic (exact) mass is 452 g/mol. The van der Waals surface area contributed by atoms with Gasteiger partial charge in [-0.15, -0.1) is 0 Å². The van der Waals surface area contributed by atoms with Gasteiger partial charge in [-0.05, 0) is 32.0 Å². The molecular formula is C23H28N6O4. The molecule has 0 bridgehead atoms. The molecule has 10 nitrogen and oxygen atoms in total. The number of methoxy groups -OCH3 is 1. The molecule has 1 fully saturated rings. The van der Waals surface area contributed by atoms with E-state index in [2.05, 4.69) is 25.2 Å². The van der Waals surface area contributed by atoms with Crippen LogP contribution in [0.1, 0.15) is 18.5 Å². The summed E-state index contributed by atoms with van der Waals surface area (Å²) in [6, 6.07) is 5.98. The molecule has 0 spiro atoms. The smallest absolute Gasteiger partial charge is 0.318 e. The van der Waals surface area contributed by atoms with E-state index in [1.54, 1.807) is 29.1 Å². The summed E-state index contributed by atoms with van der Waals surface area (Å²) in [6.07, 6.45) is 5.52. The number of nitrogens with zero attached hydrogens (tertiary/aromatic N) is 5. The topological polar surface area (TPSA) is 104 Å². The molecule has 2 aliphatic rings. The fourth-order valence-electron chi connectivity index (χ4n) is 4.31. The van der Waals surface area contributed by atoms with Crippen molar-refractivity contribution in [2.24, 2.45) is 0 Å². The molecule has 5 rings (SSSR count). The standard InChI is InChI=1S/C23H28N6O4/c1-31-23-26-13-16-2-3-21(30)29(22(16)27-23)9-8-28-6-4-17(5-7-28)24-14-18-12-19-20(15-25-18)33-11-10-32-19/h2-3,12-13,15,17,24H,4-11,14H2,1H3. The lowest BCUT2D eigenvalue weighted by Gasteiger charge is -2.32. The number of ether oxygens (including phenoxy) is 3. The van der Waals surface area contributed by atoms with Gasteiger partial charge in [0.2, 0.25) is 0 Å². The van der Waals surface area contributed by atoms with Crippen molar-refractivity contribution in [2.75, 3.05) is 40.0 Å². The molecule has 33 heavy (non-hydrogen) atoms. The average molecular weight is 453 g/mol. The van der Waals surface area contributed by atoms with Gasteiger partial charge in [-0.2, -0.15) is 4.98 Å². The first-order chi connectivity index (χ1) is 16.2. The van der Waals surface area contributed by atoms with E-state index in [0.29, 0.717) is 43.7 Å². The highest BCUT2D eigenvalue weighted by Gasteiger charge is 2.20. The molecule has 0 radical (unpaired) electrons. The van der Waals surface area contributed by atoms with Crippen molar-refractivity contribution in [1.82, 2.24) is 29.7 Å². The molecule has 0 saturated carbocycles. The molecule has 2 aliphatic heterocycles. The predicted octanol–water partition coefficient (Wildman–Crippen LogP) is 1.22. The first-order valence-corrected chi connectivity index (χ1v) is 11.3. The molecule has 1 N–H and O–H groups in total. The SMILES string of the molecule is COc1ncc2ccc(=O)n(CCN3CCC(NCc4cc5c(cn4)OCCO5)CC3)c2n1. The van der Waals surface area contributed by atoms with Crippen molar-refractivity contribution in [2.45, 2.75) is 32.0 Å². The Kier molecular flexibility index (Phi) is 6.36. The van der Waals surface area contributed by atoms with Gasteiger partial charge < -0.3 is 24.4 Å². The second-order valence-corrected chi connectivity index (χ2v) is 8.27. The fraction of sp³-hybridized carbons (Fsp3) is 0.478. The number of likely N-dealkylation sites (tertiary alicyclic amines) is 1. The zero-order valence-electron chi connectivity index (χ0n) is 18.7. The lowest BCUT2D eigenvalue weighted by molar-refractivity contribution is 0.170.